The minimum Gasteiger partial charge on any atom is -0.325 e. The molecule has 2 atom stereocenters. The van der Waals surface area contributed by atoms with Crippen molar-refractivity contribution in [2.75, 3.05) is 5.32 Å². The lowest BCUT2D eigenvalue weighted by atomic mass is 9.97. The molecule has 3 N–H and O–H groups in total. The second-order valence-electron chi connectivity index (χ2n) is 5.80. The first-order valence-electron chi connectivity index (χ1n) is 7.69. The van der Waals surface area contributed by atoms with E-state index in [9.17, 15) is 9.59 Å². The number of carbonyl (C=O) groups excluding carboxylic acids is 2. The summed E-state index contributed by atoms with van der Waals surface area (Å²) in [5.41, 5.74) is 1.98. The summed E-state index contributed by atoms with van der Waals surface area (Å²) < 4.78 is 1.68. The van der Waals surface area contributed by atoms with Gasteiger partial charge in [0.2, 0.25) is 5.91 Å². The van der Waals surface area contributed by atoms with Gasteiger partial charge in [0, 0.05) is 29.2 Å². The Morgan fingerprint density at radius 1 is 1.36 bits per heavy atom. The van der Waals surface area contributed by atoms with Crippen LogP contribution < -0.4 is 10.6 Å². The first-order valence-corrected chi connectivity index (χ1v) is 7.69. The van der Waals surface area contributed by atoms with Crippen LogP contribution in [0.5, 0.6) is 0 Å². The monoisotopic (exact) mass is 337 g/mol. The number of urea groups is 1. The molecule has 0 radical (unpaired) electrons. The van der Waals surface area contributed by atoms with Crippen LogP contribution in [0.2, 0.25) is 0 Å². The molecule has 2 unspecified atom stereocenters. The van der Waals surface area contributed by atoms with E-state index >= 15 is 0 Å². The van der Waals surface area contributed by atoms with Crippen molar-refractivity contribution in [1.82, 2.24) is 25.1 Å². The highest BCUT2D eigenvalue weighted by atomic mass is 16.2. The molecule has 0 saturated heterocycles. The third-order valence-electron chi connectivity index (χ3n) is 4.15. The second-order valence-corrected chi connectivity index (χ2v) is 5.80. The zero-order chi connectivity index (χ0) is 17.4. The molecule has 3 amide bonds. The van der Waals surface area contributed by atoms with E-state index in [0.29, 0.717) is 11.4 Å². The standard InChI is InChI=1S/C16H15N7O2/c1-9-13(14(21-16(25)19-9)23-5-4-17-8-23)15(24)20-11-2-3-12-10(6-11)7-18-22-12/h2-8,13-14H,1H3,(H,18,22)(H,20,24)(H,21,25). The predicted molar refractivity (Wildman–Crippen MR) is 91.1 cm³/mol. The van der Waals surface area contributed by atoms with Crippen molar-refractivity contribution in [3.05, 3.63) is 43.1 Å². The van der Waals surface area contributed by atoms with Crippen molar-refractivity contribution in [3.63, 3.8) is 0 Å². The summed E-state index contributed by atoms with van der Waals surface area (Å²) in [6, 6.07) is 4.99. The normalized spacial score (nSPS) is 20.2. The number of nitrogens with zero attached hydrogens (tertiary/aromatic N) is 4. The molecule has 0 aliphatic carbocycles. The molecular formula is C16H15N7O2. The number of rotatable bonds is 3. The fourth-order valence-corrected chi connectivity index (χ4v) is 2.95. The van der Waals surface area contributed by atoms with Gasteiger partial charge in [0.05, 0.1) is 18.0 Å². The number of aliphatic imine (C=N–C) groups is 1. The summed E-state index contributed by atoms with van der Waals surface area (Å²) in [6.45, 7) is 1.67. The number of amides is 3. The van der Waals surface area contributed by atoms with E-state index in [4.69, 9.17) is 0 Å². The number of imidazole rings is 1. The largest absolute Gasteiger partial charge is 0.342 e. The van der Waals surface area contributed by atoms with E-state index in [1.807, 2.05) is 12.1 Å². The van der Waals surface area contributed by atoms with Gasteiger partial charge in [0.25, 0.3) is 0 Å². The van der Waals surface area contributed by atoms with E-state index in [2.05, 4.69) is 30.8 Å². The van der Waals surface area contributed by atoms with Crippen molar-refractivity contribution in [2.45, 2.75) is 13.1 Å². The first-order chi connectivity index (χ1) is 12.1. The Bertz CT molecular complexity index is 973. The lowest BCUT2D eigenvalue weighted by Crippen LogP contribution is -2.47. The van der Waals surface area contributed by atoms with Crippen LogP contribution in [0.1, 0.15) is 13.1 Å². The molecule has 0 spiro atoms. The van der Waals surface area contributed by atoms with Crippen molar-refractivity contribution in [2.24, 2.45) is 10.9 Å². The van der Waals surface area contributed by atoms with Crippen LogP contribution in [-0.2, 0) is 4.79 Å². The number of H-pyrrole nitrogens is 1. The van der Waals surface area contributed by atoms with Crippen LogP contribution in [0.3, 0.4) is 0 Å². The summed E-state index contributed by atoms with van der Waals surface area (Å²) in [6.07, 6.45) is 5.95. The average Bonchev–Trinajstić information content (AvgIpc) is 3.25. The summed E-state index contributed by atoms with van der Waals surface area (Å²) in [5, 5.41) is 13.3. The van der Waals surface area contributed by atoms with E-state index in [1.54, 1.807) is 42.5 Å². The van der Waals surface area contributed by atoms with Crippen LogP contribution in [0, 0.1) is 5.92 Å². The summed E-state index contributed by atoms with van der Waals surface area (Å²) in [5.74, 6) is -0.908. The smallest absolute Gasteiger partial charge is 0.325 e. The number of fused-ring (bicyclic) bond motifs is 1. The zero-order valence-electron chi connectivity index (χ0n) is 13.3. The van der Waals surface area contributed by atoms with Crippen molar-refractivity contribution in [1.29, 1.82) is 0 Å². The molecule has 0 fully saturated rings. The number of aromatic amines is 1. The second kappa shape index (κ2) is 5.86. The van der Waals surface area contributed by atoms with E-state index < -0.39 is 18.1 Å². The molecule has 3 heterocycles. The van der Waals surface area contributed by atoms with E-state index in [1.165, 1.54) is 0 Å². The Morgan fingerprint density at radius 2 is 2.24 bits per heavy atom. The maximum atomic E-state index is 12.9. The Balaban J connectivity index is 1.63. The first kappa shape index (κ1) is 15.1. The Morgan fingerprint density at radius 3 is 3.04 bits per heavy atom. The van der Waals surface area contributed by atoms with Crippen LogP contribution in [-0.4, -0.2) is 37.4 Å². The highest BCUT2D eigenvalue weighted by Gasteiger charge is 2.36. The molecular weight excluding hydrogens is 322 g/mol. The highest BCUT2D eigenvalue weighted by molar-refractivity contribution is 6.13. The van der Waals surface area contributed by atoms with Gasteiger partial charge in [0.15, 0.2) is 0 Å². The lowest BCUT2D eigenvalue weighted by Gasteiger charge is -2.30. The third-order valence-corrected chi connectivity index (χ3v) is 4.15. The maximum absolute atomic E-state index is 12.9. The fourth-order valence-electron chi connectivity index (χ4n) is 2.95. The number of carbonyl (C=O) groups is 2. The number of hydrogen-bond acceptors (Lipinski definition) is 4. The van der Waals surface area contributed by atoms with E-state index in [-0.39, 0.29) is 5.91 Å². The number of nitrogens with one attached hydrogen (secondary N) is 3. The number of hydrogen-bond donors (Lipinski definition) is 3. The van der Waals surface area contributed by atoms with Gasteiger partial charge in [-0.15, -0.1) is 0 Å². The number of benzene rings is 1. The molecule has 9 heteroatoms. The Labute approximate surface area is 142 Å². The molecule has 1 aliphatic rings. The minimum absolute atomic E-state index is 0.261. The maximum Gasteiger partial charge on any atom is 0.342 e. The average molecular weight is 337 g/mol. The van der Waals surface area contributed by atoms with Crippen molar-refractivity contribution >= 4 is 34.2 Å². The molecule has 1 aliphatic heterocycles. The molecule has 0 bridgehead atoms. The molecule has 4 rings (SSSR count). The molecule has 3 aromatic rings. The van der Waals surface area contributed by atoms with Gasteiger partial charge in [-0.05, 0) is 25.1 Å². The van der Waals surface area contributed by atoms with Gasteiger partial charge in [-0.25, -0.2) is 14.8 Å². The predicted octanol–water partition coefficient (Wildman–Crippen LogP) is 1.70. The van der Waals surface area contributed by atoms with Crippen LogP contribution >= 0.6 is 0 Å². The van der Waals surface area contributed by atoms with Gasteiger partial charge in [-0.2, -0.15) is 5.10 Å². The molecule has 126 valence electrons. The Kier molecular flexibility index (Phi) is 3.53. The fraction of sp³-hybridized carbons (Fsp3) is 0.188. The van der Waals surface area contributed by atoms with Gasteiger partial charge in [-0.3, -0.25) is 9.89 Å². The molecule has 2 aromatic heterocycles. The molecule has 25 heavy (non-hydrogen) atoms. The van der Waals surface area contributed by atoms with Gasteiger partial charge in [-0.1, -0.05) is 0 Å². The van der Waals surface area contributed by atoms with Crippen LogP contribution in [0.25, 0.3) is 10.9 Å². The minimum atomic E-state index is -0.646. The number of anilines is 1. The van der Waals surface area contributed by atoms with Crippen molar-refractivity contribution < 1.29 is 9.59 Å². The summed E-state index contributed by atoms with van der Waals surface area (Å²) >= 11 is 0. The van der Waals surface area contributed by atoms with Gasteiger partial charge < -0.3 is 15.2 Å². The SMILES string of the molecule is CC1=NC(=O)NC(n2ccnc2)C1C(=O)Nc1ccc2[nH]ncc2c1. The van der Waals surface area contributed by atoms with E-state index in [0.717, 1.165) is 10.9 Å². The molecule has 1 aromatic carbocycles. The van der Waals surface area contributed by atoms with Crippen LogP contribution in [0.15, 0.2) is 48.1 Å². The molecule has 9 nitrogen and oxygen atoms in total. The third kappa shape index (κ3) is 2.75. The number of aromatic nitrogens is 4. The topological polar surface area (TPSA) is 117 Å². The Hall–Kier alpha value is -3.49. The van der Waals surface area contributed by atoms with Crippen molar-refractivity contribution in [3.8, 4) is 0 Å². The zero-order valence-corrected chi connectivity index (χ0v) is 13.3. The molecule has 0 saturated carbocycles. The lowest BCUT2D eigenvalue weighted by molar-refractivity contribution is -0.119. The van der Waals surface area contributed by atoms with Gasteiger partial charge in [0.1, 0.15) is 12.1 Å². The summed E-state index contributed by atoms with van der Waals surface area (Å²) in [7, 11) is 0. The van der Waals surface area contributed by atoms with Crippen LogP contribution in [0.4, 0.5) is 10.5 Å². The highest BCUT2D eigenvalue weighted by Crippen LogP contribution is 2.24. The van der Waals surface area contributed by atoms with Gasteiger partial charge >= 0.3 is 6.03 Å². The quantitative estimate of drug-likeness (QED) is 0.674. The summed E-state index contributed by atoms with van der Waals surface area (Å²) in [4.78, 5) is 32.5.